The lowest BCUT2D eigenvalue weighted by atomic mass is 9.93. The third-order valence-corrected chi connectivity index (χ3v) is 6.36. The van der Waals surface area contributed by atoms with Crippen molar-refractivity contribution in [3.63, 3.8) is 0 Å². The number of amides is 2. The molecular formula is C21H30N4O2. The van der Waals surface area contributed by atoms with E-state index < -0.39 is 0 Å². The molecule has 0 aromatic carbocycles. The van der Waals surface area contributed by atoms with Gasteiger partial charge in [0.05, 0.1) is 18.2 Å². The first kappa shape index (κ1) is 18.4. The highest BCUT2D eigenvalue weighted by Crippen LogP contribution is 2.25. The lowest BCUT2D eigenvalue weighted by Crippen LogP contribution is -2.53. The van der Waals surface area contributed by atoms with Crippen LogP contribution < -0.4 is 0 Å². The van der Waals surface area contributed by atoms with Gasteiger partial charge in [-0.1, -0.05) is 25.3 Å². The van der Waals surface area contributed by atoms with Crippen LogP contribution in [-0.2, 0) is 16.1 Å². The second-order valence-corrected chi connectivity index (χ2v) is 8.15. The van der Waals surface area contributed by atoms with Crippen LogP contribution in [0.1, 0.15) is 44.2 Å². The van der Waals surface area contributed by atoms with Crippen molar-refractivity contribution in [1.29, 1.82) is 0 Å². The van der Waals surface area contributed by atoms with E-state index in [0.29, 0.717) is 19.5 Å². The lowest BCUT2D eigenvalue weighted by Gasteiger charge is -2.41. The number of nitrogens with zero attached hydrogens (tertiary/aromatic N) is 4. The minimum absolute atomic E-state index is 0.0693. The molecule has 0 spiro atoms. The minimum atomic E-state index is -0.192. The Morgan fingerprint density at radius 3 is 2.56 bits per heavy atom. The van der Waals surface area contributed by atoms with Crippen LogP contribution in [0.4, 0.5) is 0 Å². The van der Waals surface area contributed by atoms with E-state index in [1.54, 1.807) is 11.1 Å². The molecule has 1 aromatic rings. The van der Waals surface area contributed by atoms with Crippen molar-refractivity contribution in [3.05, 3.63) is 30.1 Å². The number of piperazine rings is 1. The van der Waals surface area contributed by atoms with Crippen LogP contribution in [0.25, 0.3) is 0 Å². The minimum Gasteiger partial charge on any atom is -0.340 e. The maximum Gasteiger partial charge on any atom is 0.228 e. The normalized spacial score (nSPS) is 25.2. The average Bonchev–Trinajstić information content (AvgIpc) is 3.09. The van der Waals surface area contributed by atoms with Crippen molar-refractivity contribution in [2.45, 2.75) is 51.1 Å². The molecule has 2 saturated heterocycles. The fraction of sp³-hybridized carbons (Fsp3) is 0.667. The highest BCUT2D eigenvalue weighted by molar-refractivity contribution is 5.89. The van der Waals surface area contributed by atoms with E-state index in [9.17, 15) is 9.59 Å². The molecule has 1 saturated carbocycles. The number of aromatic nitrogens is 1. The van der Waals surface area contributed by atoms with E-state index in [0.717, 1.165) is 37.9 Å². The number of likely N-dealkylation sites (tertiary alicyclic amines) is 1. The van der Waals surface area contributed by atoms with Gasteiger partial charge >= 0.3 is 0 Å². The Bertz CT molecular complexity index is 651. The van der Waals surface area contributed by atoms with E-state index in [1.807, 2.05) is 23.1 Å². The topological polar surface area (TPSA) is 56.8 Å². The van der Waals surface area contributed by atoms with Gasteiger partial charge < -0.3 is 9.80 Å². The summed E-state index contributed by atoms with van der Waals surface area (Å²) >= 11 is 0. The molecule has 1 aliphatic carbocycles. The van der Waals surface area contributed by atoms with Gasteiger partial charge in [0, 0.05) is 51.4 Å². The molecule has 0 bridgehead atoms. The third-order valence-electron chi connectivity index (χ3n) is 6.36. The quantitative estimate of drug-likeness (QED) is 0.812. The maximum atomic E-state index is 12.9. The van der Waals surface area contributed by atoms with E-state index in [2.05, 4.69) is 9.88 Å². The SMILES string of the molecule is O=C1CC(C(=O)N2CCN(C3CCCCC3)CC2)CN1Cc1ccccn1. The molecule has 0 radical (unpaired) electrons. The Morgan fingerprint density at radius 1 is 1.07 bits per heavy atom. The first-order valence-electron chi connectivity index (χ1n) is 10.4. The number of hydrogen-bond donors (Lipinski definition) is 0. The molecule has 3 heterocycles. The zero-order chi connectivity index (χ0) is 18.6. The Morgan fingerprint density at radius 2 is 1.85 bits per heavy atom. The van der Waals surface area contributed by atoms with Gasteiger partial charge in [-0.05, 0) is 25.0 Å². The van der Waals surface area contributed by atoms with Crippen LogP contribution >= 0.6 is 0 Å². The summed E-state index contributed by atoms with van der Waals surface area (Å²) in [5, 5.41) is 0. The Balaban J connectivity index is 1.28. The van der Waals surface area contributed by atoms with Crippen LogP contribution in [0.2, 0.25) is 0 Å². The molecule has 2 aliphatic heterocycles. The molecule has 1 atom stereocenters. The molecule has 0 N–H and O–H groups in total. The smallest absolute Gasteiger partial charge is 0.228 e. The zero-order valence-electron chi connectivity index (χ0n) is 16.1. The van der Waals surface area contributed by atoms with Gasteiger partial charge in [0.1, 0.15) is 0 Å². The monoisotopic (exact) mass is 370 g/mol. The standard InChI is InChI=1S/C21H30N4O2/c26-20-14-17(15-25(20)16-18-6-4-5-9-22-18)21(27)24-12-10-23(11-13-24)19-7-2-1-3-8-19/h4-6,9,17,19H,1-3,7-8,10-16H2. The Hall–Kier alpha value is -1.95. The Labute approximate surface area is 161 Å². The summed E-state index contributed by atoms with van der Waals surface area (Å²) in [4.78, 5) is 35.9. The van der Waals surface area contributed by atoms with E-state index >= 15 is 0 Å². The number of carbonyl (C=O) groups is 2. The predicted octanol–water partition coefficient (Wildman–Crippen LogP) is 1.91. The summed E-state index contributed by atoms with van der Waals surface area (Å²) in [7, 11) is 0. The summed E-state index contributed by atoms with van der Waals surface area (Å²) < 4.78 is 0. The summed E-state index contributed by atoms with van der Waals surface area (Å²) in [6.45, 7) is 4.60. The van der Waals surface area contributed by atoms with Crippen molar-refractivity contribution in [1.82, 2.24) is 19.7 Å². The first-order valence-corrected chi connectivity index (χ1v) is 10.4. The fourth-order valence-electron chi connectivity index (χ4n) is 4.79. The van der Waals surface area contributed by atoms with Gasteiger partial charge in [0.25, 0.3) is 0 Å². The largest absolute Gasteiger partial charge is 0.340 e. The van der Waals surface area contributed by atoms with E-state index in [4.69, 9.17) is 0 Å². The summed E-state index contributed by atoms with van der Waals surface area (Å²) in [5.41, 5.74) is 0.875. The Kier molecular flexibility index (Phi) is 5.72. The fourth-order valence-corrected chi connectivity index (χ4v) is 4.79. The molecule has 27 heavy (non-hydrogen) atoms. The second kappa shape index (κ2) is 8.38. The molecule has 2 amide bonds. The number of rotatable bonds is 4. The molecule has 3 fully saturated rings. The molecule has 146 valence electrons. The molecule has 1 unspecified atom stereocenters. The van der Waals surface area contributed by atoms with Crippen molar-refractivity contribution < 1.29 is 9.59 Å². The molecule has 6 nitrogen and oxygen atoms in total. The molecule has 1 aromatic heterocycles. The molecular weight excluding hydrogens is 340 g/mol. The predicted molar refractivity (Wildman–Crippen MR) is 103 cm³/mol. The highest BCUT2D eigenvalue weighted by atomic mass is 16.2. The number of carbonyl (C=O) groups excluding carboxylic acids is 2. The van der Waals surface area contributed by atoms with E-state index in [1.165, 1.54) is 32.1 Å². The van der Waals surface area contributed by atoms with Crippen LogP contribution in [0, 0.1) is 5.92 Å². The number of hydrogen-bond acceptors (Lipinski definition) is 4. The van der Waals surface area contributed by atoms with Crippen molar-refractivity contribution in [3.8, 4) is 0 Å². The van der Waals surface area contributed by atoms with Gasteiger partial charge in [-0.25, -0.2) is 0 Å². The zero-order valence-corrected chi connectivity index (χ0v) is 16.1. The summed E-state index contributed by atoms with van der Waals surface area (Å²) in [6, 6.07) is 6.44. The van der Waals surface area contributed by atoms with Crippen LogP contribution in [0.3, 0.4) is 0 Å². The third kappa shape index (κ3) is 4.32. The van der Waals surface area contributed by atoms with Gasteiger partial charge in [-0.3, -0.25) is 19.5 Å². The summed E-state index contributed by atoms with van der Waals surface area (Å²) in [6.07, 6.45) is 8.78. The van der Waals surface area contributed by atoms with Gasteiger partial charge in [0.15, 0.2) is 0 Å². The highest BCUT2D eigenvalue weighted by Gasteiger charge is 2.37. The lowest BCUT2D eigenvalue weighted by molar-refractivity contribution is -0.137. The average molecular weight is 370 g/mol. The molecule has 3 aliphatic rings. The van der Waals surface area contributed by atoms with Gasteiger partial charge in [0.2, 0.25) is 11.8 Å². The molecule has 4 rings (SSSR count). The molecule has 6 heteroatoms. The first-order chi connectivity index (χ1) is 13.2. The number of pyridine rings is 1. The van der Waals surface area contributed by atoms with Crippen LogP contribution in [0.15, 0.2) is 24.4 Å². The van der Waals surface area contributed by atoms with Crippen LogP contribution in [-0.4, -0.2) is 70.3 Å². The van der Waals surface area contributed by atoms with E-state index in [-0.39, 0.29) is 17.7 Å². The van der Waals surface area contributed by atoms with Gasteiger partial charge in [-0.15, -0.1) is 0 Å². The second-order valence-electron chi connectivity index (χ2n) is 8.15. The van der Waals surface area contributed by atoms with Crippen molar-refractivity contribution in [2.24, 2.45) is 5.92 Å². The van der Waals surface area contributed by atoms with Crippen molar-refractivity contribution >= 4 is 11.8 Å². The van der Waals surface area contributed by atoms with Gasteiger partial charge in [-0.2, -0.15) is 0 Å². The van der Waals surface area contributed by atoms with Crippen molar-refractivity contribution in [2.75, 3.05) is 32.7 Å². The summed E-state index contributed by atoms with van der Waals surface area (Å²) in [5.74, 6) is 0.0393. The van der Waals surface area contributed by atoms with Crippen LogP contribution in [0.5, 0.6) is 0 Å². The maximum absolute atomic E-state index is 12.9.